The van der Waals surface area contributed by atoms with E-state index >= 15 is 0 Å². The van der Waals surface area contributed by atoms with Crippen LogP contribution in [0.5, 0.6) is 0 Å². The van der Waals surface area contributed by atoms with Crippen LogP contribution in [0, 0.1) is 0 Å². The summed E-state index contributed by atoms with van der Waals surface area (Å²) in [6.45, 7) is 7.99. The van der Waals surface area contributed by atoms with Crippen molar-refractivity contribution in [3.8, 4) is 0 Å². The van der Waals surface area contributed by atoms with Crippen molar-refractivity contribution in [1.29, 1.82) is 0 Å². The van der Waals surface area contributed by atoms with E-state index in [4.69, 9.17) is 0 Å². The van der Waals surface area contributed by atoms with Gasteiger partial charge in [-0.25, -0.2) is 0 Å². The summed E-state index contributed by atoms with van der Waals surface area (Å²) < 4.78 is 0. The van der Waals surface area contributed by atoms with Gasteiger partial charge in [0.15, 0.2) is 5.78 Å². The number of carboxylic acid groups (broad SMARTS) is 1. The molecule has 0 amide bonds. The van der Waals surface area contributed by atoms with Gasteiger partial charge in [0.05, 0.1) is 25.5 Å². The Morgan fingerprint density at radius 2 is 1.65 bits per heavy atom. The lowest BCUT2D eigenvalue weighted by atomic mass is 9.86. The Hall–Kier alpha value is -1.68. The third kappa shape index (κ3) is 4.64. The van der Waals surface area contributed by atoms with Gasteiger partial charge in [0, 0.05) is 5.56 Å². The minimum absolute atomic E-state index is 0.0204. The van der Waals surface area contributed by atoms with Crippen molar-refractivity contribution in [2.45, 2.75) is 57.9 Å². The van der Waals surface area contributed by atoms with E-state index in [0.29, 0.717) is 5.56 Å². The van der Waals surface area contributed by atoms with Gasteiger partial charge in [-0.15, -0.1) is 0 Å². The monoisotopic (exact) mass is 317 g/mol. The van der Waals surface area contributed by atoms with Gasteiger partial charge in [0.1, 0.15) is 6.04 Å². The first kappa shape index (κ1) is 17.7. The molecule has 1 aliphatic rings. The Bertz CT molecular complexity index is 551. The van der Waals surface area contributed by atoms with Gasteiger partial charge >= 0.3 is 0 Å². The average molecular weight is 317 g/mol. The number of aliphatic carboxylic acids is 1. The Kier molecular flexibility index (Phi) is 5.58. The predicted octanol–water partition coefficient (Wildman–Crippen LogP) is 0.744. The molecule has 1 aromatic rings. The molecule has 1 N–H and O–H groups in total. The summed E-state index contributed by atoms with van der Waals surface area (Å²) >= 11 is 0. The number of hydrogen-bond donors (Lipinski definition) is 1. The fourth-order valence-corrected chi connectivity index (χ4v) is 3.21. The topological polar surface area (TPSA) is 61.6 Å². The highest BCUT2D eigenvalue weighted by atomic mass is 16.4. The molecule has 0 radical (unpaired) electrons. The van der Waals surface area contributed by atoms with Crippen molar-refractivity contribution in [1.82, 2.24) is 0 Å². The Morgan fingerprint density at radius 3 is 2.13 bits per heavy atom. The molecule has 1 aliphatic heterocycles. The van der Waals surface area contributed by atoms with Gasteiger partial charge < -0.3 is 14.8 Å². The number of ketones is 1. The highest BCUT2D eigenvalue weighted by Gasteiger charge is 2.28. The van der Waals surface area contributed by atoms with Crippen LogP contribution in [0.3, 0.4) is 0 Å². The Labute approximate surface area is 138 Å². The van der Waals surface area contributed by atoms with Crippen molar-refractivity contribution < 1.29 is 19.6 Å². The highest BCUT2D eigenvalue weighted by Crippen LogP contribution is 2.22. The van der Waals surface area contributed by atoms with Crippen LogP contribution in [0.1, 0.15) is 62.4 Å². The molecule has 1 fully saturated rings. The first-order valence-corrected chi connectivity index (χ1v) is 8.48. The lowest BCUT2D eigenvalue weighted by molar-refractivity contribution is -0.922. The number of carbonyl (C=O) groups is 2. The molecule has 126 valence electrons. The second kappa shape index (κ2) is 7.26. The molecule has 0 saturated carbocycles. The summed E-state index contributed by atoms with van der Waals surface area (Å²) in [5.74, 6) is -1.22. The number of nitrogens with one attached hydrogen (secondary N) is 1. The number of carbonyl (C=O) groups excluding carboxylic acids is 2. The summed E-state index contributed by atoms with van der Waals surface area (Å²) in [5.41, 5.74) is 1.78. The standard InChI is InChI=1S/C19H27NO3/c1-19(2,3)15-9-7-14(8-10-15)17(21)13-16(18(22)23)20-11-5-4-6-12-20/h7-10,16H,4-6,11-13H2,1-3H3,(H,22,23)/t16-/m1/s1. The van der Waals surface area contributed by atoms with Crippen LogP contribution in [0.25, 0.3) is 0 Å². The number of carboxylic acids is 1. The number of hydrogen-bond acceptors (Lipinski definition) is 3. The molecule has 2 rings (SSSR count). The number of Topliss-reactive ketones (excluding diaryl/α,β-unsaturated/α-hetero) is 1. The third-order valence-electron chi connectivity index (χ3n) is 4.74. The zero-order chi connectivity index (χ0) is 17.0. The number of rotatable bonds is 5. The summed E-state index contributed by atoms with van der Waals surface area (Å²) in [5, 5.41) is 11.5. The van der Waals surface area contributed by atoms with E-state index < -0.39 is 12.0 Å². The molecule has 1 atom stereocenters. The van der Waals surface area contributed by atoms with Crippen molar-refractivity contribution >= 4 is 11.8 Å². The van der Waals surface area contributed by atoms with Crippen LogP contribution in [-0.4, -0.2) is 30.9 Å². The largest absolute Gasteiger partial charge is 0.544 e. The zero-order valence-electron chi connectivity index (χ0n) is 14.4. The molecular formula is C19H27NO3. The van der Waals surface area contributed by atoms with Gasteiger partial charge in [0.25, 0.3) is 0 Å². The number of quaternary nitrogens is 1. The second-order valence-electron chi connectivity index (χ2n) is 7.55. The van der Waals surface area contributed by atoms with Gasteiger partial charge in [-0.3, -0.25) is 4.79 Å². The van der Waals surface area contributed by atoms with Crippen molar-refractivity contribution in [3.63, 3.8) is 0 Å². The van der Waals surface area contributed by atoms with Crippen molar-refractivity contribution in [2.24, 2.45) is 0 Å². The van der Waals surface area contributed by atoms with Crippen LogP contribution in [0.2, 0.25) is 0 Å². The van der Waals surface area contributed by atoms with E-state index in [1.165, 1.54) is 0 Å². The lowest BCUT2D eigenvalue weighted by Crippen LogP contribution is -3.18. The van der Waals surface area contributed by atoms with E-state index in [1.54, 1.807) is 12.1 Å². The van der Waals surface area contributed by atoms with Crippen LogP contribution in [-0.2, 0) is 10.2 Å². The summed E-state index contributed by atoms with van der Waals surface area (Å²) in [7, 11) is 0. The van der Waals surface area contributed by atoms with E-state index in [9.17, 15) is 14.7 Å². The molecule has 23 heavy (non-hydrogen) atoms. The third-order valence-corrected chi connectivity index (χ3v) is 4.74. The minimum Gasteiger partial charge on any atom is -0.544 e. The SMILES string of the molecule is CC(C)(C)c1ccc(C(=O)C[C@H](C(=O)[O-])[NH+]2CCCCC2)cc1. The maximum absolute atomic E-state index is 12.5. The normalized spacial score (nSPS) is 17.7. The Balaban J connectivity index is 2.07. The highest BCUT2D eigenvalue weighted by molar-refractivity contribution is 5.98. The van der Waals surface area contributed by atoms with Gasteiger partial charge in [-0.05, 0) is 30.2 Å². The van der Waals surface area contributed by atoms with E-state index in [-0.39, 0.29) is 17.6 Å². The molecule has 1 aromatic carbocycles. The molecule has 0 aliphatic carbocycles. The number of likely N-dealkylation sites (tertiary alicyclic amines) is 1. The van der Waals surface area contributed by atoms with Crippen molar-refractivity contribution in [2.75, 3.05) is 13.1 Å². The number of benzene rings is 1. The van der Waals surface area contributed by atoms with Crippen LogP contribution < -0.4 is 10.0 Å². The Morgan fingerprint density at radius 1 is 1.09 bits per heavy atom. The molecule has 4 nitrogen and oxygen atoms in total. The minimum atomic E-state index is -1.11. The maximum atomic E-state index is 12.5. The first-order valence-electron chi connectivity index (χ1n) is 8.48. The smallest absolute Gasteiger partial charge is 0.169 e. The predicted molar refractivity (Wildman–Crippen MR) is 87.4 cm³/mol. The molecule has 0 spiro atoms. The summed E-state index contributed by atoms with van der Waals surface area (Å²) in [6.07, 6.45) is 3.21. The van der Waals surface area contributed by atoms with E-state index in [0.717, 1.165) is 42.8 Å². The van der Waals surface area contributed by atoms with Gasteiger partial charge in [0.2, 0.25) is 0 Å². The zero-order valence-corrected chi connectivity index (χ0v) is 14.4. The summed E-state index contributed by atoms with van der Waals surface area (Å²) in [6, 6.07) is 6.79. The second-order valence-corrected chi connectivity index (χ2v) is 7.55. The van der Waals surface area contributed by atoms with Gasteiger partial charge in [-0.1, -0.05) is 45.0 Å². The molecule has 0 aromatic heterocycles. The molecule has 4 heteroatoms. The maximum Gasteiger partial charge on any atom is 0.169 e. The molecule has 1 heterocycles. The van der Waals surface area contributed by atoms with Gasteiger partial charge in [-0.2, -0.15) is 0 Å². The quantitative estimate of drug-likeness (QED) is 0.815. The van der Waals surface area contributed by atoms with E-state index in [2.05, 4.69) is 20.8 Å². The molecular weight excluding hydrogens is 290 g/mol. The van der Waals surface area contributed by atoms with Crippen molar-refractivity contribution in [3.05, 3.63) is 35.4 Å². The average Bonchev–Trinajstić information content (AvgIpc) is 2.52. The first-order chi connectivity index (χ1) is 10.8. The fraction of sp³-hybridized carbons (Fsp3) is 0.579. The molecule has 1 saturated heterocycles. The molecule has 0 bridgehead atoms. The fourth-order valence-electron chi connectivity index (χ4n) is 3.21. The summed E-state index contributed by atoms with van der Waals surface area (Å²) in [4.78, 5) is 24.9. The van der Waals surface area contributed by atoms with Crippen LogP contribution >= 0.6 is 0 Å². The lowest BCUT2D eigenvalue weighted by Gasteiger charge is -2.31. The number of piperidine rings is 1. The van der Waals surface area contributed by atoms with E-state index in [1.807, 2.05) is 12.1 Å². The van der Waals surface area contributed by atoms with Crippen LogP contribution in [0.15, 0.2) is 24.3 Å². The molecule has 0 unspecified atom stereocenters. The van der Waals surface area contributed by atoms with Crippen LogP contribution in [0.4, 0.5) is 0 Å².